The Kier molecular flexibility index (Phi) is 5.45. The van der Waals surface area contributed by atoms with Crippen molar-refractivity contribution in [1.29, 1.82) is 0 Å². The Morgan fingerprint density at radius 2 is 2.00 bits per heavy atom. The van der Waals surface area contributed by atoms with Crippen LogP contribution in [0.3, 0.4) is 0 Å². The molecule has 0 aliphatic heterocycles. The Hall–Kier alpha value is -3.89. The van der Waals surface area contributed by atoms with E-state index in [1.807, 2.05) is 35.7 Å². The second-order valence-corrected chi connectivity index (χ2v) is 9.44. The molecule has 3 aromatic heterocycles. The average Bonchev–Trinajstić information content (AvgIpc) is 3.54. The molecule has 164 valence electrons. The number of anilines is 1. The predicted molar refractivity (Wildman–Crippen MR) is 130 cm³/mol. The van der Waals surface area contributed by atoms with Crippen LogP contribution in [0.4, 0.5) is 11.4 Å². The minimum absolute atomic E-state index is 0.0624. The van der Waals surface area contributed by atoms with E-state index in [-0.39, 0.29) is 11.6 Å². The predicted octanol–water partition coefficient (Wildman–Crippen LogP) is 5.74. The van der Waals surface area contributed by atoms with Crippen LogP contribution in [0.2, 0.25) is 0 Å². The fraction of sp³-hybridized carbons (Fsp3) is 0.0870. The van der Waals surface area contributed by atoms with Gasteiger partial charge in [-0.15, -0.1) is 22.7 Å². The molecule has 33 heavy (non-hydrogen) atoms. The van der Waals surface area contributed by atoms with E-state index in [4.69, 9.17) is 4.98 Å². The second-order valence-electron chi connectivity index (χ2n) is 7.49. The van der Waals surface area contributed by atoms with Gasteiger partial charge in [-0.3, -0.25) is 19.6 Å². The molecule has 10 heteroatoms. The van der Waals surface area contributed by atoms with Gasteiger partial charge >= 0.3 is 5.69 Å². The van der Waals surface area contributed by atoms with Crippen molar-refractivity contribution >= 4 is 50.2 Å². The van der Waals surface area contributed by atoms with Gasteiger partial charge in [0.05, 0.1) is 26.6 Å². The number of thiazole rings is 1. The standard InChI is InChI=1S/C23H17N5O3S2/c1-14-2-7-19-20(8-14)33-23(26-19)16-3-5-17(6-4-16)25-22(29)21-9-15(13-32-21)11-27-12-18(10-24-27)28(30)31/h2-10,12-13H,11H2,1H3,(H,25,29). The zero-order valence-corrected chi connectivity index (χ0v) is 19.0. The molecule has 0 aliphatic rings. The number of carbonyl (C=O) groups is 1. The van der Waals surface area contributed by atoms with Crippen molar-refractivity contribution < 1.29 is 9.72 Å². The molecule has 5 rings (SSSR count). The number of aryl methyl sites for hydroxylation is 1. The van der Waals surface area contributed by atoms with Crippen LogP contribution in [0, 0.1) is 17.0 Å². The van der Waals surface area contributed by atoms with E-state index in [0.717, 1.165) is 26.4 Å². The average molecular weight is 476 g/mol. The topological polar surface area (TPSA) is 103 Å². The van der Waals surface area contributed by atoms with Gasteiger partial charge in [0, 0.05) is 11.3 Å². The third kappa shape index (κ3) is 4.52. The van der Waals surface area contributed by atoms with E-state index in [1.165, 1.54) is 34.0 Å². The fourth-order valence-corrected chi connectivity index (χ4v) is 5.21. The van der Waals surface area contributed by atoms with Crippen LogP contribution >= 0.6 is 22.7 Å². The molecule has 8 nitrogen and oxygen atoms in total. The minimum Gasteiger partial charge on any atom is -0.321 e. The molecule has 2 aromatic carbocycles. The summed E-state index contributed by atoms with van der Waals surface area (Å²) in [6, 6.07) is 15.6. The summed E-state index contributed by atoms with van der Waals surface area (Å²) in [7, 11) is 0. The van der Waals surface area contributed by atoms with Gasteiger partial charge in [-0.05, 0) is 65.9 Å². The maximum Gasteiger partial charge on any atom is 0.307 e. The van der Waals surface area contributed by atoms with Crippen LogP contribution in [-0.4, -0.2) is 25.6 Å². The molecule has 0 bridgehead atoms. The summed E-state index contributed by atoms with van der Waals surface area (Å²) in [5.74, 6) is -0.207. The number of nitrogens with zero attached hydrogens (tertiary/aromatic N) is 4. The molecule has 0 atom stereocenters. The Bertz CT molecular complexity index is 1480. The van der Waals surface area contributed by atoms with Gasteiger partial charge in [-0.25, -0.2) is 4.98 Å². The first-order valence-electron chi connectivity index (χ1n) is 9.98. The molecule has 0 saturated heterocycles. The Labute approximate surface area is 196 Å². The lowest BCUT2D eigenvalue weighted by Crippen LogP contribution is -2.10. The van der Waals surface area contributed by atoms with E-state index in [1.54, 1.807) is 17.4 Å². The lowest BCUT2D eigenvalue weighted by atomic mass is 10.2. The van der Waals surface area contributed by atoms with Gasteiger partial charge in [-0.2, -0.15) is 5.10 Å². The number of thiophene rings is 1. The van der Waals surface area contributed by atoms with Crippen molar-refractivity contribution in [2.24, 2.45) is 0 Å². The molecule has 5 aromatic rings. The van der Waals surface area contributed by atoms with E-state index < -0.39 is 4.92 Å². The van der Waals surface area contributed by atoms with E-state index in [2.05, 4.69) is 29.5 Å². The van der Waals surface area contributed by atoms with Crippen LogP contribution < -0.4 is 5.32 Å². The largest absolute Gasteiger partial charge is 0.321 e. The van der Waals surface area contributed by atoms with Crippen LogP contribution in [0.5, 0.6) is 0 Å². The van der Waals surface area contributed by atoms with E-state index in [9.17, 15) is 14.9 Å². The number of hydrogen-bond acceptors (Lipinski definition) is 7. The van der Waals surface area contributed by atoms with Crippen molar-refractivity contribution in [2.75, 3.05) is 5.32 Å². The Morgan fingerprint density at radius 3 is 2.76 bits per heavy atom. The molecule has 0 saturated carbocycles. The van der Waals surface area contributed by atoms with Crippen molar-refractivity contribution in [1.82, 2.24) is 14.8 Å². The number of aromatic nitrogens is 3. The number of fused-ring (bicyclic) bond motifs is 1. The van der Waals surface area contributed by atoms with Crippen molar-refractivity contribution in [3.05, 3.63) is 92.4 Å². The summed E-state index contributed by atoms with van der Waals surface area (Å²) in [6.45, 7) is 2.42. The highest BCUT2D eigenvalue weighted by molar-refractivity contribution is 7.21. The maximum absolute atomic E-state index is 12.7. The Morgan fingerprint density at radius 1 is 1.18 bits per heavy atom. The number of nitro groups is 1. The molecule has 1 N–H and O–H groups in total. The summed E-state index contributed by atoms with van der Waals surface area (Å²) in [4.78, 5) is 28.2. The number of amides is 1. The molecule has 1 amide bonds. The SMILES string of the molecule is Cc1ccc2nc(-c3ccc(NC(=O)c4cc(Cn5cc([N+](=O)[O-])cn5)cs4)cc3)sc2c1. The summed E-state index contributed by atoms with van der Waals surface area (Å²) in [5, 5.41) is 20.5. The molecular weight excluding hydrogens is 458 g/mol. The molecule has 3 heterocycles. The molecule has 0 aliphatic carbocycles. The molecule has 0 radical (unpaired) electrons. The summed E-state index contributed by atoms with van der Waals surface area (Å²) >= 11 is 2.96. The van der Waals surface area contributed by atoms with Gasteiger partial charge in [0.1, 0.15) is 17.4 Å². The number of rotatable bonds is 6. The van der Waals surface area contributed by atoms with Gasteiger partial charge in [0.2, 0.25) is 0 Å². The zero-order chi connectivity index (χ0) is 22.9. The third-order valence-corrected chi connectivity index (χ3v) is 7.03. The fourth-order valence-electron chi connectivity index (χ4n) is 3.34. The quantitative estimate of drug-likeness (QED) is 0.249. The van der Waals surface area contributed by atoms with Crippen LogP contribution in [-0.2, 0) is 6.54 Å². The summed E-state index contributed by atoms with van der Waals surface area (Å²) < 4.78 is 2.63. The Balaban J connectivity index is 1.25. The molecular formula is C23H17N5O3S2. The summed E-state index contributed by atoms with van der Waals surface area (Å²) in [5.41, 5.74) is 4.67. The highest BCUT2D eigenvalue weighted by atomic mass is 32.1. The van der Waals surface area contributed by atoms with Crippen molar-refractivity contribution in [2.45, 2.75) is 13.5 Å². The molecule has 0 unspecified atom stereocenters. The highest BCUT2D eigenvalue weighted by Gasteiger charge is 2.13. The van der Waals surface area contributed by atoms with Crippen LogP contribution in [0.15, 0.2) is 66.3 Å². The lowest BCUT2D eigenvalue weighted by Gasteiger charge is -2.04. The van der Waals surface area contributed by atoms with Gasteiger partial charge in [0.25, 0.3) is 5.91 Å². The number of nitrogens with one attached hydrogen (secondary N) is 1. The second kappa shape index (κ2) is 8.57. The first-order chi connectivity index (χ1) is 15.9. The number of benzene rings is 2. The first kappa shape index (κ1) is 21.0. The van der Waals surface area contributed by atoms with Gasteiger partial charge in [-0.1, -0.05) is 6.07 Å². The lowest BCUT2D eigenvalue weighted by molar-refractivity contribution is -0.385. The van der Waals surface area contributed by atoms with Crippen LogP contribution in [0.1, 0.15) is 20.8 Å². The van der Waals surface area contributed by atoms with Crippen molar-refractivity contribution in [3.8, 4) is 10.6 Å². The first-order valence-corrected chi connectivity index (χ1v) is 11.7. The minimum atomic E-state index is -0.487. The van der Waals surface area contributed by atoms with Crippen molar-refractivity contribution in [3.63, 3.8) is 0 Å². The maximum atomic E-state index is 12.7. The highest BCUT2D eigenvalue weighted by Crippen LogP contribution is 2.31. The number of carbonyl (C=O) groups excluding carboxylic acids is 1. The smallest absolute Gasteiger partial charge is 0.307 e. The molecule has 0 spiro atoms. The van der Waals surface area contributed by atoms with Gasteiger partial charge < -0.3 is 5.32 Å². The molecule has 0 fully saturated rings. The summed E-state index contributed by atoms with van der Waals surface area (Å²) in [6.07, 6.45) is 2.57. The monoisotopic (exact) mass is 475 g/mol. The van der Waals surface area contributed by atoms with Gasteiger partial charge in [0.15, 0.2) is 0 Å². The van der Waals surface area contributed by atoms with E-state index >= 15 is 0 Å². The normalized spacial score (nSPS) is 11.1. The number of hydrogen-bond donors (Lipinski definition) is 1. The zero-order valence-electron chi connectivity index (χ0n) is 17.4. The van der Waals surface area contributed by atoms with Crippen LogP contribution in [0.25, 0.3) is 20.8 Å². The van der Waals surface area contributed by atoms with E-state index in [0.29, 0.717) is 17.1 Å². The third-order valence-electron chi connectivity index (χ3n) is 4.99.